The van der Waals surface area contributed by atoms with Crippen LogP contribution in [0.2, 0.25) is 0 Å². The average molecular weight is 415 g/mol. The van der Waals surface area contributed by atoms with Gasteiger partial charge in [-0.2, -0.15) is 0 Å². The summed E-state index contributed by atoms with van der Waals surface area (Å²) in [5.41, 5.74) is 6.70. The quantitative estimate of drug-likeness (QED) is 0.578. The molecule has 0 saturated carbocycles. The van der Waals surface area contributed by atoms with Gasteiger partial charge in [0.2, 0.25) is 0 Å². The summed E-state index contributed by atoms with van der Waals surface area (Å²) in [6.45, 7) is 2.08. The largest absolute Gasteiger partial charge is 0.462 e. The fourth-order valence-corrected chi connectivity index (χ4v) is 2.79. The molecule has 0 heterocycles. The molecule has 0 radical (unpaired) electrons. The first-order chi connectivity index (χ1) is 10.0. The van der Waals surface area contributed by atoms with Crippen LogP contribution in [0.3, 0.4) is 0 Å². The fraction of sp³-hybridized carbons (Fsp3) is 0.133. The molecule has 0 amide bonds. The molecule has 0 bridgehead atoms. The number of nitrogen functional groups attached to an aromatic ring is 1. The number of hydrogen-bond donors (Lipinski definition) is 1. The van der Waals surface area contributed by atoms with Crippen molar-refractivity contribution in [2.24, 2.45) is 0 Å². The van der Waals surface area contributed by atoms with E-state index in [4.69, 9.17) is 15.2 Å². The van der Waals surface area contributed by atoms with Gasteiger partial charge in [0.25, 0.3) is 0 Å². The molecule has 2 aromatic rings. The Morgan fingerprint density at radius 1 is 1.14 bits per heavy atom. The average Bonchev–Trinajstić information content (AvgIpc) is 2.44. The van der Waals surface area contributed by atoms with Gasteiger partial charge < -0.3 is 15.2 Å². The van der Waals surface area contributed by atoms with Gasteiger partial charge in [0.15, 0.2) is 0 Å². The molecule has 0 fully saturated rings. The molecule has 21 heavy (non-hydrogen) atoms. The zero-order chi connectivity index (χ0) is 15.4. The van der Waals surface area contributed by atoms with Crippen LogP contribution in [0.5, 0.6) is 11.5 Å². The van der Waals surface area contributed by atoms with Crippen LogP contribution >= 0.6 is 31.9 Å². The van der Waals surface area contributed by atoms with Crippen molar-refractivity contribution >= 4 is 43.5 Å². The number of carbonyl (C=O) groups excluding carboxylic acids is 1. The van der Waals surface area contributed by atoms with Crippen LogP contribution in [0.1, 0.15) is 17.3 Å². The Labute approximate surface area is 139 Å². The predicted molar refractivity (Wildman–Crippen MR) is 88.7 cm³/mol. The molecule has 2 rings (SSSR count). The normalized spacial score (nSPS) is 10.2. The van der Waals surface area contributed by atoms with Crippen molar-refractivity contribution in [1.29, 1.82) is 0 Å². The number of hydrogen-bond acceptors (Lipinski definition) is 4. The zero-order valence-electron chi connectivity index (χ0n) is 11.2. The van der Waals surface area contributed by atoms with Gasteiger partial charge in [0.05, 0.1) is 22.3 Å². The number of halogens is 2. The maximum atomic E-state index is 11.6. The van der Waals surface area contributed by atoms with E-state index >= 15 is 0 Å². The Kier molecular flexibility index (Phi) is 5.25. The van der Waals surface area contributed by atoms with E-state index in [1.54, 1.807) is 25.1 Å². The van der Waals surface area contributed by atoms with Gasteiger partial charge in [-0.15, -0.1) is 0 Å². The molecule has 2 N–H and O–H groups in total. The highest BCUT2D eigenvalue weighted by Crippen LogP contribution is 2.34. The summed E-state index contributed by atoms with van der Waals surface area (Å²) >= 11 is 6.79. The van der Waals surface area contributed by atoms with E-state index in [1.807, 2.05) is 18.2 Å². The second-order valence-electron chi connectivity index (χ2n) is 4.15. The minimum absolute atomic E-state index is 0.322. The van der Waals surface area contributed by atoms with Gasteiger partial charge in [0.1, 0.15) is 11.5 Å². The first kappa shape index (κ1) is 15.9. The summed E-state index contributed by atoms with van der Waals surface area (Å²) < 4.78 is 12.4. The molecule has 0 spiro atoms. The van der Waals surface area contributed by atoms with Crippen molar-refractivity contribution in [2.45, 2.75) is 6.92 Å². The smallest absolute Gasteiger partial charge is 0.338 e. The van der Waals surface area contributed by atoms with Gasteiger partial charge in [0, 0.05) is 4.47 Å². The number of rotatable bonds is 4. The zero-order valence-corrected chi connectivity index (χ0v) is 14.4. The third-order valence-corrected chi connectivity index (χ3v) is 3.75. The SMILES string of the molecule is CCOC(=O)c1ccc(Oc2ccc(Br)cc2Br)c(N)c1. The van der Waals surface area contributed by atoms with Crippen molar-refractivity contribution in [3.05, 3.63) is 50.9 Å². The molecule has 0 aromatic heterocycles. The lowest BCUT2D eigenvalue weighted by Gasteiger charge is -2.11. The second kappa shape index (κ2) is 6.95. The lowest BCUT2D eigenvalue weighted by molar-refractivity contribution is 0.0526. The minimum atomic E-state index is -0.402. The van der Waals surface area contributed by atoms with E-state index in [1.165, 1.54) is 0 Å². The number of nitrogens with two attached hydrogens (primary N) is 1. The number of carbonyl (C=O) groups is 1. The van der Waals surface area contributed by atoms with Gasteiger partial charge in [-0.3, -0.25) is 0 Å². The van der Waals surface area contributed by atoms with Crippen molar-refractivity contribution in [3.63, 3.8) is 0 Å². The monoisotopic (exact) mass is 413 g/mol. The molecule has 0 atom stereocenters. The van der Waals surface area contributed by atoms with Crippen molar-refractivity contribution in [1.82, 2.24) is 0 Å². The van der Waals surface area contributed by atoms with Crippen LogP contribution < -0.4 is 10.5 Å². The van der Waals surface area contributed by atoms with E-state index in [2.05, 4.69) is 31.9 Å². The Hall–Kier alpha value is -1.53. The highest BCUT2D eigenvalue weighted by molar-refractivity contribution is 9.11. The summed E-state index contributed by atoms with van der Waals surface area (Å²) in [5, 5.41) is 0. The van der Waals surface area contributed by atoms with E-state index in [0.717, 1.165) is 8.95 Å². The molecular weight excluding hydrogens is 402 g/mol. The van der Waals surface area contributed by atoms with Crippen molar-refractivity contribution < 1.29 is 14.3 Å². The van der Waals surface area contributed by atoms with E-state index in [9.17, 15) is 4.79 Å². The first-order valence-corrected chi connectivity index (χ1v) is 7.79. The van der Waals surface area contributed by atoms with Gasteiger partial charge in [-0.05, 0) is 59.3 Å². The lowest BCUT2D eigenvalue weighted by atomic mass is 10.2. The highest BCUT2D eigenvalue weighted by atomic mass is 79.9. The molecule has 0 saturated heterocycles. The highest BCUT2D eigenvalue weighted by Gasteiger charge is 2.11. The van der Waals surface area contributed by atoms with Gasteiger partial charge in [-0.1, -0.05) is 15.9 Å². The number of esters is 1. The molecule has 4 nitrogen and oxygen atoms in total. The maximum Gasteiger partial charge on any atom is 0.338 e. The molecule has 0 aliphatic carbocycles. The lowest BCUT2D eigenvalue weighted by Crippen LogP contribution is -2.05. The van der Waals surface area contributed by atoms with Crippen LogP contribution in [0.25, 0.3) is 0 Å². The number of anilines is 1. The topological polar surface area (TPSA) is 61.5 Å². The summed E-state index contributed by atoms with van der Waals surface area (Å²) in [5.74, 6) is 0.709. The summed E-state index contributed by atoms with van der Waals surface area (Å²) in [6, 6.07) is 10.4. The van der Waals surface area contributed by atoms with Gasteiger partial charge >= 0.3 is 5.97 Å². The van der Waals surface area contributed by atoms with E-state index in [0.29, 0.717) is 29.4 Å². The number of ether oxygens (including phenoxy) is 2. The molecule has 2 aromatic carbocycles. The third-order valence-electron chi connectivity index (χ3n) is 2.63. The van der Waals surface area contributed by atoms with Crippen LogP contribution in [0.4, 0.5) is 5.69 Å². The maximum absolute atomic E-state index is 11.6. The Morgan fingerprint density at radius 2 is 1.86 bits per heavy atom. The van der Waals surface area contributed by atoms with Crippen molar-refractivity contribution in [3.8, 4) is 11.5 Å². The second-order valence-corrected chi connectivity index (χ2v) is 5.92. The van der Waals surface area contributed by atoms with E-state index < -0.39 is 5.97 Å². The molecule has 0 unspecified atom stereocenters. The predicted octanol–water partition coefficient (Wildman–Crippen LogP) is 4.76. The van der Waals surface area contributed by atoms with Crippen LogP contribution in [-0.4, -0.2) is 12.6 Å². The Balaban J connectivity index is 2.23. The van der Waals surface area contributed by atoms with Crippen molar-refractivity contribution in [2.75, 3.05) is 12.3 Å². The minimum Gasteiger partial charge on any atom is -0.462 e. The molecule has 0 aliphatic heterocycles. The van der Waals surface area contributed by atoms with E-state index in [-0.39, 0.29) is 0 Å². The summed E-state index contributed by atoms with van der Waals surface area (Å²) in [6.07, 6.45) is 0. The summed E-state index contributed by atoms with van der Waals surface area (Å²) in [4.78, 5) is 11.6. The third kappa shape index (κ3) is 3.98. The first-order valence-electron chi connectivity index (χ1n) is 6.20. The van der Waals surface area contributed by atoms with Crippen LogP contribution in [0, 0.1) is 0 Å². The van der Waals surface area contributed by atoms with Crippen LogP contribution in [-0.2, 0) is 4.74 Å². The number of benzene rings is 2. The Morgan fingerprint density at radius 3 is 2.48 bits per heavy atom. The molecule has 0 aliphatic rings. The molecule has 110 valence electrons. The van der Waals surface area contributed by atoms with Gasteiger partial charge in [-0.25, -0.2) is 4.79 Å². The molecule has 6 heteroatoms. The fourth-order valence-electron chi connectivity index (χ4n) is 1.66. The Bertz CT molecular complexity index is 674. The molecular formula is C15H13Br2NO3. The standard InChI is InChI=1S/C15H13Br2NO3/c1-2-20-15(19)9-3-5-14(12(18)7-9)21-13-6-4-10(16)8-11(13)17/h3-8H,2,18H2,1H3. The summed E-state index contributed by atoms with van der Waals surface area (Å²) in [7, 11) is 0. The van der Waals surface area contributed by atoms with Crippen LogP contribution in [0.15, 0.2) is 45.3 Å².